The van der Waals surface area contributed by atoms with Gasteiger partial charge in [0.15, 0.2) is 0 Å². The largest absolute Gasteiger partial charge is 0.350 e. The van der Waals surface area contributed by atoms with Crippen molar-refractivity contribution >= 4 is 39.7 Å². The van der Waals surface area contributed by atoms with E-state index in [1.165, 1.54) is 17.8 Å². The van der Waals surface area contributed by atoms with Gasteiger partial charge in [-0.25, -0.2) is 18.1 Å². The lowest BCUT2D eigenvalue weighted by Gasteiger charge is -2.25. The third-order valence-corrected chi connectivity index (χ3v) is 5.65. The van der Waals surface area contributed by atoms with E-state index >= 15 is 0 Å². The van der Waals surface area contributed by atoms with Crippen LogP contribution in [0.25, 0.3) is 0 Å². The van der Waals surface area contributed by atoms with E-state index in [9.17, 15) is 13.2 Å². The van der Waals surface area contributed by atoms with Crippen LogP contribution in [0.5, 0.6) is 0 Å². The van der Waals surface area contributed by atoms with Crippen molar-refractivity contribution in [2.24, 2.45) is 11.7 Å². The molecule has 4 N–H and O–H groups in total. The molecule has 1 heterocycles. The number of nitrogens with two attached hydrogens (primary N) is 1. The molecule has 0 aromatic carbocycles. The molecular formula is C12H21ClN4O3S2. The van der Waals surface area contributed by atoms with Gasteiger partial charge in [0, 0.05) is 25.0 Å². The predicted octanol–water partition coefficient (Wildman–Crippen LogP) is 0.473. The fraction of sp³-hybridized carbons (Fsp3) is 0.667. The van der Waals surface area contributed by atoms with E-state index in [-0.39, 0.29) is 42.9 Å². The van der Waals surface area contributed by atoms with Crippen LogP contribution < -0.4 is 15.8 Å². The van der Waals surface area contributed by atoms with Gasteiger partial charge < -0.3 is 11.1 Å². The van der Waals surface area contributed by atoms with Gasteiger partial charge in [-0.3, -0.25) is 4.79 Å². The zero-order chi connectivity index (χ0) is 15.3. The molecule has 22 heavy (non-hydrogen) atoms. The van der Waals surface area contributed by atoms with E-state index in [1.54, 1.807) is 5.38 Å². The monoisotopic (exact) mass is 368 g/mol. The van der Waals surface area contributed by atoms with Crippen LogP contribution >= 0.6 is 23.7 Å². The first kappa shape index (κ1) is 19.3. The van der Waals surface area contributed by atoms with Crippen molar-refractivity contribution in [1.29, 1.82) is 0 Å². The van der Waals surface area contributed by atoms with E-state index in [2.05, 4.69) is 15.0 Å². The van der Waals surface area contributed by atoms with Gasteiger partial charge in [0.1, 0.15) is 10.7 Å². The van der Waals surface area contributed by atoms with Crippen molar-refractivity contribution in [2.45, 2.75) is 25.8 Å². The lowest BCUT2D eigenvalue weighted by molar-refractivity contribution is 0.0951. The first-order chi connectivity index (χ1) is 10.00. The molecule has 0 spiro atoms. The highest BCUT2D eigenvalue weighted by Crippen LogP contribution is 2.25. The summed E-state index contributed by atoms with van der Waals surface area (Å²) in [5.74, 6) is -0.0292. The Hall–Kier alpha value is -0.740. The molecule has 1 amide bonds. The Kier molecular flexibility index (Phi) is 7.70. The standard InChI is InChI=1S/C12H20N4O3S2.ClH/c13-6-11-16-10(8-20-11)12(17)14-4-5-21(18,19)15-7-9-2-1-3-9;/h8-9,15H,1-7,13H2,(H,14,17);1H. The highest BCUT2D eigenvalue weighted by atomic mass is 35.5. The third-order valence-electron chi connectivity index (χ3n) is 3.43. The average Bonchev–Trinajstić information content (AvgIpc) is 2.85. The number of hydrogen-bond acceptors (Lipinski definition) is 6. The van der Waals surface area contributed by atoms with Crippen molar-refractivity contribution in [1.82, 2.24) is 15.0 Å². The number of hydrogen-bond donors (Lipinski definition) is 3. The minimum Gasteiger partial charge on any atom is -0.350 e. The van der Waals surface area contributed by atoms with Crippen molar-refractivity contribution in [2.75, 3.05) is 18.8 Å². The van der Waals surface area contributed by atoms with Crippen molar-refractivity contribution in [3.8, 4) is 0 Å². The van der Waals surface area contributed by atoms with Crippen LogP contribution in [0.3, 0.4) is 0 Å². The molecule has 126 valence electrons. The van der Waals surface area contributed by atoms with Crippen LogP contribution in [0.15, 0.2) is 5.38 Å². The number of amides is 1. The van der Waals surface area contributed by atoms with Crippen LogP contribution in [0.4, 0.5) is 0 Å². The highest BCUT2D eigenvalue weighted by molar-refractivity contribution is 7.89. The van der Waals surface area contributed by atoms with Crippen LogP contribution in [0.2, 0.25) is 0 Å². The van der Waals surface area contributed by atoms with Crippen LogP contribution in [0, 0.1) is 5.92 Å². The van der Waals surface area contributed by atoms with Gasteiger partial charge in [0.25, 0.3) is 5.91 Å². The summed E-state index contributed by atoms with van der Waals surface area (Å²) in [4.78, 5) is 15.8. The zero-order valence-electron chi connectivity index (χ0n) is 12.1. The van der Waals surface area contributed by atoms with Gasteiger partial charge >= 0.3 is 0 Å². The van der Waals surface area contributed by atoms with Gasteiger partial charge in [-0.15, -0.1) is 23.7 Å². The molecule has 0 bridgehead atoms. The van der Waals surface area contributed by atoms with Crippen molar-refractivity contribution in [3.05, 3.63) is 16.1 Å². The molecule has 1 fully saturated rings. The molecule has 0 aliphatic heterocycles. The molecule has 2 rings (SSSR count). The molecule has 1 saturated carbocycles. The number of carbonyl (C=O) groups is 1. The number of sulfonamides is 1. The highest BCUT2D eigenvalue weighted by Gasteiger charge is 2.20. The van der Waals surface area contributed by atoms with Gasteiger partial charge in [-0.05, 0) is 18.8 Å². The number of halogens is 1. The van der Waals surface area contributed by atoms with E-state index in [0.717, 1.165) is 12.8 Å². The molecule has 0 unspecified atom stereocenters. The number of nitrogens with one attached hydrogen (secondary N) is 2. The van der Waals surface area contributed by atoms with Gasteiger partial charge in [0.2, 0.25) is 10.0 Å². The Morgan fingerprint density at radius 3 is 2.73 bits per heavy atom. The predicted molar refractivity (Wildman–Crippen MR) is 88.7 cm³/mol. The van der Waals surface area contributed by atoms with E-state index < -0.39 is 10.0 Å². The lowest BCUT2D eigenvalue weighted by atomic mass is 9.86. The Morgan fingerprint density at radius 1 is 1.45 bits per heavy atom. The molecule has 0 atom stereocenters. The maximum absolute atomic E-state index is 11.8. The first-order valence-corrected chi connectivity index (χ1v) is 9.43. The van der Waals surface area contributed by atoms with Gasteiger partial charge in [-0.1, -0.05) is 6.42 Å². The SMILES string of the molecule is Cl.NCc1nc(C(=O)NCCS(=O)(=O)NCC2CCC2)cs1. The van der Waals surface area contributed by atoms with E-state index in [4.69, 9.17) is 5.73 Å². The summed E-state index contributed by atoms with van der Waals surface area (Å²) in [6, 6.07) is 0. The smallest absolute Gasteiger partial charge is 0.270 e. The summed E-state index contributed by atoms with van der Waals surface area (Å²) >= 11 is 1.31. The van der Waals surface area contributed by atoms with Crippen LogP contribution in [-0.4, -0.2) is 38.2 Å². The second kappa shape index (κ2) is 8.78. The maximum atomic E-state index is 11.8. The molecule has 1 aromatic heterocycles. The number of aromatic nitrogens is 1. The Labute approximate surface area is 140 Å². The fourth-order valence-corrected chi connectivity index (χ4v) is 3.57. The van der Waals surface area contributed by atoms with Crippen LogP contribution in [0.1, 0.15) is 34.8 Å². The molecule has 1 aliphatic rings. The summed E-state index contributed by atoms with van der Waals surface area (Å²) in [6.45, 7) is 0.855. The number of nitrogens with zero attached hydrogens (tertiary/aromatic N) is 1. The molecular weight excluding hydrogens is 348 g/mol. The van der Waals surface area contributed by atoms with Crippen LogP contribution in [-0.2, 0) is 16.6 Å². The maximum Gasteiger partial charge on any atom is 0.270 e. The second-order valence-electron chi connectivity index (χ2n) is 5.05. The van der Waals surface area contributed by atoms with E-state index in [0.29, 0.717) is 17.5 Å². The Bertz CT molecular complexity index is 587. The summed E-state index contributed by atoms with van der Waals surface area (Å²) in [5, 5.41) is 4.84. The van der Waals surface area contributed by atoms with Gasteiger partial charge in [-0.2, -0.15) is 0 Å². The van der Waals surface area contributed by atoms with Crippen molar-refractivity contribution < 1.29 is 13.2 Å². The summed E-state index contributed by atoms with van der Waals surface area (Å²) < 4.78 is 26.1. The number of rotatable bonds is 8. The molecule has 1 aliphatic carbocycles. The molecule has 10 heteroatoms. The minimum atomic E-state index is -3.33. The summed E-state index contributed by atoms with van der Waals surface area (Å²) in [6.07, 6.45) is 3.36. The van der Waals surface area contributed by atoms with Gasteiger partial charge in [0.05, 0.1) is 5.75 Å². The molecule has 0 radical (unpaired) electrons. The lowest BCUT2D eigenvalue weighted by Crippen LogP contribution is -2.37. The molecule has 1 aromatic rings. The Balaban J connectivity index is 0.00000242. The Morgan fingerprint density at radius 2 is 2.18 bits per heavy atom. The topological polar surface area (TPSA) is 114 Å². The minimum absolute atomic E-state index is 0. The first-order valence-electron chi connectivity index (χ1n) is 6.90. The number of thiazole rings is 1. The quantitative estimate of drug-likeness (QED) is 0.617. The molecule has 7 nitrogen and oxygen atoms in total. The number of carbonyl (C=O) groups excluding carboxylic acids is 1. The summed E-state index contributed by atoms with van der Waals surface area (Å²) in [5.41, 5.74) is 5.70. The fourth-order valence-electron chi connectivity index (χ4n) is 1.91. The van der Waals surface area contributed by atoms with E-state index in [1.807, 2.05) is 0 Å². The zero-order valence-corrected chi connectivity index (χ0v) is 14.5. The van der Waals surface area contributed by atoms with Crippen molar-refractivity contribution in [3.63, 3.8) is 0 Å². The third kappa shape index (κ3) is 5.81. The molecule has 0 saturated heterocycles. The normalized spacial score (nSPS) is 15.0. The second-order valence-corrected chi connectivity index (χ2v) is 7.92. The average molecular weight is 369 g/mol. The summed E-state index contributed by atoms with van der Waals surface area (Å²) in [7, 11) is -3.33.